The van der Waals surface area contributed by atoms with Crippen LogP contribution in [0.2, 0.25) is 0 Å². The summed E-state index contributed by atoms with van der Waals surface area (Å²) in [5, 5.41) is 4.19. The summed E-state index contributed by atoms with van der Waals surface area (Å²) in [5.41, 5.74) is 5.81. The quantitative estimate of drug-likeness (QED) is 0.904. The smallest absolute Gasteiger partial charge is 0.226 e. The summed E-state index contributed by atoms with van der Waals surface area (Å²) in [6.07, 6.45) is 10.8. The zero-order valence-corrected chi connectivity index (χ0v) is 12.3. The Bertz CT molecular complexity index is 373. The SMILES string of the molecule is CC(C)(N)CCc1nc(C2CCCCCCC2)no1. The van der Waals surface area contributed by atoms with Gasteiger partial charge in [0.1, 0.15) is 0 Å². The normalized spacial score (nSPS) is 19.1. The Morgan fingerprint density at radius 1 is 1.16 bits per heavy atom. The summed E-state index contributed by atoms with van der Waals surface area (Å²) in [6, 6.07) is 0. The first-order valence-electron chi connectivity index (χ1n) is 7.66. The summed E-state index contributed by atoms with van der Waals surface area (Å²) >= 11 is 0. The molecule has 1 saturated carbocycles. The van der Waals surface area contributed by atoms with E-state index in [4.69, 9.17) is 10.3 Å². The van der Waals surface area contributed by atoms with Crippen molar-refractivity contribution in [3.05, 3.63) is 11.7 Å². The molecule has 4 heteroatoms. The van der Waals surface area contributed by atoms with Gasteiger partial charge in [-0.2, -0.15) is 4.98 Å². The van der Waals surface area contributed by atoms with Crippen LogP contribution in [0.1, 0.15) is 82.8 Å². The van der Waals surface area contributed by atoms with Crippen molar-refractivity contribution in [1.29, 1.82) is 0 Å². The minimum absolute atomic E-state index is 0.172. The largest absolute Gasteiger partial charge is 0.339 e. The Morgan fingerprint density at radius 2 is 1.79 bits per heavy atom. The van der Waals surface area contributed by atoms with E-state index in [1.165, 1.54) is 44.9 Å². The topological polar surface area (TPSA) is 64.9 Å². The molecule has 1 aromatic rings. The molecule has 0 saturated heterocycles. The van der Waals surface area contributed by atoms with Gasteiger partial charge < -0.3 is 10.3 Å². The summed E-state index contributed by atoms with van der Waals surface area (Å²) in [5.74, 6) is 2.17. The highest BCUT2D eigenvalue weighted by molar-refractivity contribution is 4.96. The predicted octanol–water partition coefficient (Wildman–Crippen LogP) is 3.57. The number of aromatic nitrogens is 2. The van der Waals surface area contributed by atoms with E-state index in [2.05, 4.69) is 10.1 Å². The monoisotopic (exact) mass is 265 g/mol. The predicted molar refractivity (Wildman–Crippen MR) is 75.9 cm³/mol. The first kappa shape index (κ1) is 14.5. The third-order valence-electron chi connectivity index (χ3n) is 3.94. The van der Waals surface area contributed by atoms with Gasteiger partial charge in [-0.1, -0.05) is 37.3 Å². The molecule has 0 bridgehead atoms. The molecule has 0 unspecified atom stereocenters. The Morgan fingerprint density at radius 3 is 2.42 bits per heavy atom. The molecular weight excluding hydrogens is 238 g/mol. The lowest BCUT2D eigenvalue weighted by molar-refractivity contribution is 0.347. The standard InChI is InChI=1S/C15H27N3O/c1-15(2,16)11-10-13-17-14(18-19-13)12-8-6-4-3-5-7-9-12/h12H,3-11,16H2,1-2H3. The van der Waals surface area contributed by atoms with Gasteiger partial charge in [0.05, 0.1) is 0 Å². The minimum atomic E-state index is -0.172. The molecule has 0 aliphatic heterocycles. The summed E-state index contributed by atoms with van der Waals surface area (Å²) in [6.45, 7) is 4.05. The maximum Gasteiger partial charge on any atom is 0.226 e. The molecule has 2 rings (SSSR count). The molecule has 108 valence electrons. The average Bonchev–Trinajstić information content (AvgIpc) is 2.73. The van der Waals surface area contributed by atoms with Crippen LogP contribution in [0.25, 0.3) is 0 Å². The van der Waals surface area contributed by atoms with E-state index in [1.54, 1.807) is 0 Å². The molecule has 0 radical (unpaired) electrons. The van der Waals surface area contributed by atoms with Crippen molar-refractivity contribution in [2.24, 2.45) is 5.73 Å². The van der Waals surface area contributed by atoms with Gasteiger partial charge in [0.2, 0.25) is 5.89 Å². The fraction of sp³-hybridized carbons (Fsp3) is 0.867. The van der Waals surface area contributed by atoms with Gasteiger partial charge in [-0.15, -0.1) is 0 Å². The second kappa shape index (κ2) is 6.51. The second-order valence-corrected chi connectivity index (χ2v) is 6.58. The molecule has 0 spiro atoms. The lowest BCUT2D eigenvalue weighted by Gasteiger charge is -2.16. The Hall–Kier alpha value is -0.900. The number of hydrogen-bond donors (Lipinski definition) is 1. The van der Waals surface area contributed by atoms with Gasteiger partial charge in [0.25, 0.3) is 0 Å². The summed E-state index contributed by atoms with van der Waals surface area (Å²) in [7, 11) is 0. The van der Waals surface area contributed by atoms with Crippen molar-refractivity contribution in [1.82, 2.24) is 10.1 Å². The van der Waals surface area contributed by atoms with Crippen molar-refractivity contribution in [3.8, 4) is 0 Å². The van der Waals surface area contributed by atoms with Crippen LogP contribution >= 0.6 is 0 Å². The highest BCUT2D eigenvalue weighted by Crippen LogP contribution is 2.29. The Kier molecular flexibility index (Phi) is 4.97. The van der Waals surface area contributed by atoms with Gasteiger partial charge in [0, 0.05) is 17.9 Å². The molecule has 2 N–H and O–H groups in total. The first-order chi connectivity index (χ1) is 9.04. The van der Waals surface area contributed by atoms with E-state index >= 15 is 0 Å². The molecule has 0 amide bonds. The van der Waals surface area contributed by atoms with E-state index < -0.39 is 0 Å². The van der Waals surface area contributed by atoms with Crippen LogP contribution < -0.4 is 5.73 Å². The third kappa shape index (κ3) is 4.94. The third-order valence-corrected chi connectivity index (χ3v) is 3.94. The number of nitrogens with two attached hydrogens (primary N) is 1. The van der Waals surface area contributed by atoms with Crippen molar-refractivity contribution in [3.63, 3.8) is 0 Å². The van der Waals surface area contributed by atoms with E-state index in [9.17, 15) is 0 Å². The zero-order chi connectivity index (χ0) is 13.7. The highest BCUT2D eigenvalue weighted by Gasteiger charge is 2.20. The number of rotatable bonds is 4. The van der Waals surface area contributed by atoms with Crippen LogP contribution in [0, 0.1) is 0 Å². The van der Waals surface area contributed by atoms with Gasteiger partial charge in [0.15, 0.2) is 5.82 Å². The van der Waals surface area contributed by atoms with E-state index in [1.807, 2.05) is 13.8 Å². The molecule has 1 aliphatic carbocycles. The lowest BCUT2D eigenvalue weighted by atomic mass is 9.91. The van der Waals surface area contributed by atoms with Crippen LogP contribution in [0.15, 0.2) is 4.52 Å². The number of hydrogen-bond acceptors (Lipinski definition) is 4. The van der Waals surface area contributed by atoms with Gasteiger partial charge in [-0.3, -0.25) is 0 Å². The van der Waals surface area contributed by atoms with Gasteiger partial charge in [-0.25, -0.2) is 0 Å². The first-order valence-corrected chi connectivity index (χ1v) is 7.66. The number of aryl methyl sites for hydroxylation is 1. The molecule has 1 aromatic heterocycles. The second-order valence-electron chi connectivity index (χ2n) is 6.58. The van der Waals surface area contributed by atoms with E-state index in [0.29, 0.717) is 5.92 Å². The highest BCUT2D eigenvalue weighted by atomic mass is 16.5. The van der Waals surface area contributed by atoms with Crippen molar-refractivity contribution in [2.45, 2.75) is 83.1 Å². The van der Waals surface area contributed by atoms with E-state index in [-0.39, 0.29) is 5.54 Å². The molecule has 4 nitrogen and oxygen atoms in total. The number of nitrogens with zero attached hydrogens (tertiary/aromatic N) is 2. The zero-order valence-electron chi connectivity index (χ0n) is 12.3. The summed E-state index contributed by atoms with van der Waals surface area (Å²) < 4.78 is 5.37. The Labute approximate surface area is 116 Å². The van der Waals surface area contributed by atoms with Gasteiger partial charge in [-0.05, 0) is 33.1 Å². The lowest BCUT2D eigenvalue weighted by Crippen LogP contribution is -2.32. The van der Waals surface area contributed by atoms with Crippen LogP contribution in [0.3, 0.4) is 0 Å². The molecule has 1 heterocycles. The van der Waals surface area contributed by atoms with Crippen LogP contribution in [-0.2, 0) is 6.42 Å². The fourth-order valence-corrected chi connectivity index (χ4v) is 2.68. The molecular formula is C15H27N3O. The maximum absolute atomic E-state index is 5.98. The Balaban J connectivity index is 1.91. The van der Waals surface area contributed by atoms with Crippen molar-refractivity contribution in [2.75, 3.05) is 0 Å². The minimum Gasteiger partial charge on any atom is -0.339 e. The molecule has 1 aliphatic rings. The average molecular weight is 265 g/mol. The van der Waals surface area contributed by atoms with Crippen LogP contribution in [0.5, 0.6) is 0 Å². The molecule has 1 fully saturated rings. The maximum atomic E-state index is 5.98. The van der Waals surface area contributed by atoms with Crippen molar-refractivity contribution < 1.29 is 4.52 Å². The van der Waals surface area contributed by atoms with E-state index in [0.717, 1.165) is 24.6 Å². The van der Waals surface area contributed by atoms with Crippen LogP contribution in [-0.4, -0.2) is 15.7 Å². The summed E-state index contributed by atoms with van der Waals surface area (Å²) in [4.78, 5) is 4.58. The van der Waals surface area contributed by atoms with Gasteiger partial charge >= 0.3 is 0 Å². The molecule has 0 aromatic carbocycles. The fourth-order valence-electron chi connectivity index (χ4n) is 2.68. The molecule has 0 atom stereocenters. The van der Waals surface area contributed by atoms with Crippen molar-refractivity contribution >= 4 is 0 Å². The molecule has 19 heavy (non-hydrogen) atoms. The van der Waals surface area contributed by atoms with Crippen LogP contribution in [0.4, 0.5) is 0 Å².